The van der Waals surface area contributed by atoms with Gasteiger partial charge in [-0.25, -0.2) is 0 Å². The van der Waals surface area contributed by atoms with E-state index in [4.69, 9.17) is 5.26 Å². The molecule has 1 saturated heterocycles. The quantitative estimate of drug-likeness (QED) is 0.732. The van der Waals surface area contributed by atoms with E-state index in [2.05, 4.69) is 10.2 Å². The fourth-order valence-corrected chi connectivity index (χ4v) is 3.30. The molecule has 2 N–H and O–H groups in total. The van der Waals surface area contributed by atoms with Crippen molar-refractivity contribution in [2.24, 2.45) is 5.92 Å². The Morgan fingerprint density at radius 1 is 1.47 bits per heavy atom. The Labute approximate surface area is 114 Å². The van der Waals surface area contributed by atoms with E-state index in [0.29, 0.717) is 25.4 Å². The Balaban J connectivity index is 1.77. The molecule has 1 aliphatic carbocycles. The predicted molar refractivity (Wildman–Crippen MR) is 71.2 cm³/mol. The van der Waals surface area contributed by atoms with E-state index >= 15 is 0 Å². The first-order valence-corrected chi connectivity index (χ1v) is 7.22. The lowest BCUT2D eigenvalue weighted by atomic mass is 9.71. The molecule has 2 fully saturated rings. The molecule has 2 atom stereocenters. The van der Waals surface area contributed by atoms with Crippen molar-refractivity contribution in [2.75, 3.05) is 26.2 Å². The summed E-state index contributed by atoms with van der Waals surface area (Å²) < 4.78 is 0. The topological polar surface area (TPSA) is 76.4 Å². The van der Waals surface area contributed by atoms with Gasteiger partial charge >= 0.3 is 0 Å². The van der Waals surface area contributed by atoms with E-state index in [1.165, 1.54) is 6.42 Å². The number of carbonyl (C=O) groups is 1. The van der Waals surface area contributed by atoms with Crippen LogP contribution in [0.15, 0.2) is 0 Å². The summed E-state index contributed by atoms with van der Waals surface area (Å²) in [6.07, 6.45) is 5.44. The second kappa shape index (κ2) is 6.36. The number of hydrogen-bond acceptors (Lipinski definition) is 4. The molecule has 0 aromatic carbocycles. The van der Waals surface area contributed by atoms with Gasteiger partial charge in [0.2, 0.25) is 5.91 Å². The number of nitrogens with one attached hydrogen (secondary N) is 1. The van der Waals surface area contributed by atoms with E-state index in [1.807, 2.05) is 6.07 Å². The molecule has 5 heteroatoms. The Bertz CT molecular complexity index is 366. The van der Waals surface area contributed by atoms with Gasteiger partial charge in [-0.05, 0) is 19.3 Å². The molecule has 2 unspecified atom stereocenters. The normalized spacial score (nSPS) is 31.3. The molecule has 1 aliphatic heterocycles. The molecular formula is C14H23N3O2. The van der Waals surface area contributed by atoms with Crippen molar-refractivity contribution in [1.82, 2.24) is 10.2 Å². The van der Waals surface area contributed by atoms with Crippen LogP contribution in [0.1, 0.15) is 38.5 Å². The molecule has 0 radical (unpaired) electrons. The highest BCUT2D eigenvalue weighted by molar-refractivity contribution is 5.78. The second-order valence-electron chi connectivity index (χ2n) is 5.79. The van der Waals surface area contributed by atoms with Gasteiger partial charge in [0.25, 0.3) is 0 Å². The van der Waals surface area contributed by atoms with E-state index in [-0.39, 0.29) is 5.91 Å². The fourth-order valence-electron chi connectivity index (χ4n) is 3.30. The van der Waals surface area contributed by atoms with Gasteiger partial charge in [-0.2, -0.15) is 5.26 Å². The third kappa shape index (κ3) is 3.68. The smallest absolute Gasteiger partial charge is 0.234 e. The first-order valence-electron chi connectivity index (χ1n) is 7.22. The van der Waals surface area contributed by atoms with Gasteiger partial charge in [0.15, 0.2) is 0 Å². The zero-order valence-electron chi connectivity index (χ0n) is 11.4. The lowest BCUT2D eigenvalue weighted by molar-refractivity contribution is -0.127. The molecule has 0 bridgehead atoms. The van der Waals surface area contributed by atoms with Crippen molar-refractivity contribution in [3.63, 3.8) is 0 Å². The maximum Gasteiger partial charge on any atom is 0.234 e. The number of aliphatic hydroxyl groups is 1. The van der Waals surface area contributed by atoms with Crippen molar-refractivity contribution >= 4 is 5.91 Å². The van der Waals surface area contributed by atoms with Gasteiger partial charge in [-0.3, -0.25) is 9.69 Å². The highest BCUT2D eigenvalue weighted by atomic mass is 16.3. The molecular weight excluding hydrogens is 242 g/mol. The van der Waals surface area contributed by atoms with Gasteiger partial charge in [0, 0.05) is 25.6 Å². The Morgan fingerprint density at radius 3 is 3.11 bits per heavy atom. The van der Waals surface area contributed by atoms with Gasteiger partial charge in [0.1, 0.15) is 0 Å². The Hall–Kier alpha value is -1.12. The van der Waals surface area contributed by atoms with Crippen LogP contribution in [-0.2, 0) is 4.79 Å². The number of rotatable bonds is 4. The van der Waals surface area contributed by atoms with Crippen molar-refractivity contribution in [1.29, 1.82) is 5.26 Å². The van der Waals surface area contributed by atoms with E-state index < -0.39 is 5.60 Å². The minimum absolute atomic E-state index is 0.0171. The lowest BCUT2D eigenvalue weighted by Gasteiger charge is -2.47. The highest BCUT2D eigenvalue weighted by Gasteiger charge is 2.42. The minimum Gasteiger partial charge on any atom is -0.390 e. The number of piperidine rings is 1. The predicted octanol–water partition coefficient (Wildman–Crippen LogP) is 0.643. The zero-order valence-corrected chi connectivity index (χ0v) is 11.4. The number of nitriles is 1. The third-order valence-electron chi connectivity index (χ3n) is 4.44. The summed E-state index contributed by atoms with van der Waals surface area (Å²) in [6, 6.07) is 2.01. The van der Waals surface area contributed by atoms with E-state index in [0.717, 1.165) is 38.8 Å². The minimum atomic E-state index is -0.480. The van der Waals surface area contributed by atoms with E-state index in [1.54, 1.807) is 0 Å². The number of fused-ring (bicyclic) bond motifs is 1. The van der Waals surface area contributed by atoms with Crippen LogP contribution < -0.4 is 5.32 Å². The third-order valence-corrected chi connectivity index (χ3v) is 4.44. The number of amides is 1. The first kappa shape index (κ1) is 14.3. The molecule has 2 rings (SSSR count). The standard InChI is InChI=1S/C14H23N3O2/c15-7-3-8-16-13(18)11-17-9-6-14(19)5-2-1-4-12(14)10-17/h12,19H,1-6,8-11H2,(H,16,18). The van der Waals surface area contributed by atoms with Crippen molar-refractivity contribution in [2.45, 2.75) is 44.1 Å². The summed E-state index contributed by atoms with van der Waals surface area (Å²) in [6.45, 7) is 2.43. The maximum atomic E-state index is 11.7. The molecule has 0 aromatic rings. The van der Waals surface area contributed by atoms with E-state index in [9.17, 15) is 9.90 Å². The van der Waals surface area contributed by atoms with Crippen molar-refractivity contribution < 1.29 is 9.90 Å². The summed E-state index contributed by atoms with van der Waals surface area (Å²) in [5.74, 6) is 0.304. The summed E-state index contributed by atoms with van der Waals surface area (Å²) in [5, 5.41) is 21.7. The van der Waals surface area contributed by atoms with Crippen molar-refractivity contribution in [3.8, 4) is 6.07 Å². The molecule has 5 nitrogen and oxygen atoms in total. The van der Waals surface area contributed by atoms with Gasteiger partial charge in [0.05, 0.1) is 24.6 Å². The largest absolute Gasteiger partial charge is 0.390 e. The van der Waals surface area contributed by atoms with Crippen LogP contribution in [0.4, 0.5) is 0 Å². The van der Waals surface area contributed by atoms with Crippen LogP contribution in [0.2, 0.25) is 0 Å². The summed E-state index contributed by atoms with van der Waals surface area (Å²) in [7, 11) is 0. The van der Waals surface area contributed by atoms with Gasteiger partial charge < -0.3 is 10.4 Å². The van der Waals surface area contributed by atoms with Crippen LogP contribution in [0.25, 0.3) is 0 Å². The second-order valence-corrected chi connectivity index (χ2v) is 5.79. The Morgan fingerprint density at radius 2 is 2.32 bits per heavy atom. The molecule has 106 valence electrons. The average Bonchev–Trinajstić information content (AvgIpc) is 2.39. The molecule has 1 amide bonds. The molecule has 1 heterocycles. The van der Waals surface area contributed by atoms with Crippen LogP contribution in [0.3, 0.4) is 0 Å². The van der Waals surface area contributed by atoms with Gasteiger partial charge in [-0.1, -0.05) is 12.8 Å². The number of carbonyl (C=O) groups excluding carboxylic acids is 1. The van der Waals surface area contributed by atoms with Gasteiger partial charge in [-0.15, -0.1) is 0 Å². The summed E-state index contributed by atoms with van der Waals surface area (Å²) in [4.78, 5) is 13.8. The van der Waals surface area contributed by atoms with Crippen LogP contribution >= 0.6 is 0 Å². The van der Waals surface area contributed by atoms with Crippen LogP contribution in [-0.4, -0.2) is 47.7 Å². The fraction of sp³-hybridized carbons (Fsp3) is 0.857. The number of likely N-dealkylation sites (tertiary alicyclic amines) is 1. The van der Waals surface area contributed by atoms with Crippen molar-refractivity contribution in [3.05, 3.63) is 0 Å². The zero-order chi connectivity index (χ0) is 13.7. The highest BCUT2D eigenvalue weighted by Crippen LogP contribution is 2.39. The lowest BCUT2D eigenvalue weighted by Crippen LogP contribution is -2.54. The molecule has 19 heavy (non-hydrogen) atoms. The monoisotopic (exact) mass is 265 g/mol. The number of nitrogens with zero attached hydrogens (tertiary/aromatic N) is 2. The summed E-state index contributed by atoms with van der Waals surface area (Å²) in [5.41, 5.74) is -0.480. The first-order chi connectivity index (χ1) is 9.14. The van der Waals surface area contributed by atoms with Crippen LogP contribution in [0.5, 0.6) is 0 Å². The number of hydrogen-bond donors (Lipinski definition) is 2. The van der Waals surface area contributed by atoms with Crippen LogP contribution in [0, 0.1) is 17.2 Å². The average molecular weight is 265 g/mol. The Kier molecular flexibility index (Phi) is 4.78. The molecule has 0 aromatic heterocycles. The SMILES string of the molecule is N#CCCNC(=O)CN1CCC2(O)CCCCC2C1. The summed E-state index contributed by atoms with van der Waals surface area (Å²) >= 11 is 0. The molecule has 2 aliphatic rings. The molecule has 1 saturated carbocycles. The molecule has 0 spiro atoms. The maximum absolute atomic E-state index is 11.7.